The number of benzene rings is 2. The Hall–Kier alpha value is -3.20. The van der Waals surface area contributed by atoms with E-state index in [9.17, 15) is 18.4 Å². The van der Waals surface area contributed by atoms with E-state index in [0.29, 0.717) is 11.7 Å². The first kappa shape index (κ1) is 16.7. The second kappa shape index (κ2) is 7.14. The van der Waals surface area contributed by atoms with Crippen molar-refractivity contribution in [1.82, 2.24) is 8.75 Å². The third-order valence-corrected chi connectivity index (χ3v) is 3.61. The summed E-state index contributed by atoms with van der Waals surface area (Å²) in [5.74, 6) is -2.44. The summed E-state index contributed by atoms with van der Waals surface area (Å²) in [6.07, 6.45) is 0. The maximum atomic E-state index is 13.2. The molecule has 6 nitrogen and oxygen atoms in total. The molecule has 0 aliphatic rings. The molecule has 0 saturated heterocycles. The van der Waals surface area contributed by atoms with Crippen molar-refractivity contribution in [2.75, 3.05) is 10.6 Å². The Morgan fingerprint density at radius 3 is 1.64 bits per heavy atom. The molecule has 2 N–H and O–H groups in total. The molecule has 0 unspecified atom stereocenters. The molecular formula is C16H10F2N4O2S. The number of hydrogen-bond acceptors (Lipinski definition) is 5. The molecule has 0 radical (unpaired) electrons. The van der Waals surface area contributed by atoms with Crippen molar-refractivity contribution in [3.63, 3.8) is 0 Å². The van der Waals surface area contributed by atoms with E-state index in [0.717, 1.165) is 12.1 Å². The van der Waals surface area contributed by atoms with Gasteiger partial charge in [0.2, 0.25) is 0 Å². The average Bonchev–Trinajstić information content (AvgIpc) is 3.04. The van der Waals surface area contributed by atoms with Crippen LogP contribution in [0.1, 0.15) is 21.0 Å². The Labute approximate surface area is 144 Å². The van der Waals surface area contributed by atoms with E-state index in [-0.39, 0.29) is 22.8 Å². The highest BCUT2D eigenvalue weighted by atomic mass is 32.1. The number of nitrogens with one attached hydrogen (secondary N) is 2. The van der Waals surface area contributed by atoms with Gasteiger partial charge < -0.3 is 10.6 Å². The first-order valence-electron chi connectivity index (χ1n) is 6.99. The van der Waals surface area contributed by atoms with Gasteiger partial charge in [0, 0.05) is 11.4 Å². The molecular weight excluding hydrogens is 350 g/mol. The molecule has 0 saturated carbocycles. The quantitative estimate of drug-likeness (QED) is 0.748. The van der Waals surface area contributed by atoms with Crippen molar-refractivity contribution in [2.45, 2.75) is 0 Å². The van der Waals surface area contributed by atoms with E-state index in [1.807, 2.05) is 0 Å². The van der Waals surface area contributed by atoms with Gasteiger partial charge in [0.05, 0.1) is 11.7 Å². The second-order valence-corrected chi connectivity index (χ2v) is 5.42. The molecule has 0 aliphatic heterocycles. The number of rotatable bonds is 4. The van der Waals surface area contributed by atoms with Gasteiger partial charge in [-0.05, 0) is 36.4 Å². The SMILES string of the molecule is O=C(Nc1cccc(F)c1)c1nsnc1C(=O)Nc1cccc(F)c1. The third-order valence-electron chi connectivity index (χ3n) is 3.08. The molecule has 9 heteroatoms. The Morgan fingerprint density at radius 1 is 0.800 bits per heavy atom. The van der Waals surface area contributed by atoms with Gasteiger partial charge in [0.1, 0.15) is 11.6 Å². The lowest BCUT2D eigenvalue weighted by Crippen LogP contribution is -2.20. The fourth-order valence-corrected chi connectivity index (χ4v) is 2.54. The summed E-state index contributed by atoms with van der Waals surface area (Å²) < 4.78 is 34.0. The Balaban J connectivity index is 1.77. The van der Waals surface area contributed by atoms with Gasteiger partial charge in [-0.2, -0.15) is 8.75 Å². The molecule has 25 heavy (non-hydrogen) atoms. The highest BCUT2D eigenvalue weighted by Gasteiger charge is 2.22. The number of anilines is 2. The largest absolute Gasteiger partial charge is 0.320 e. The minimum Gasteiger partial charge on any atom is -0.320 e. The van der Waals surface area contributed by atoms with E-state index in [1.165, 1.54) is 36.4 Å². The second-order valence-electron chi connectivity index (χ2n) is 4.89. The Kier molecular flexibility index (Phi) is 4.75. The monoisotopic (exact) mass is 360 g/mol. The first-order valence-corrected chi connectivity index (χ1v) is 7.72. The van der Waals surface area contributed by atoms with E-state index in [1.54, 1.807) is 0 Å². The topological polar surface area (TPSA) is 84.0 Å². The van der Waals surface area contributed by atoms with Gasteiger partial charge in [0.15, 0.2) is 11.4 Å². The fraction of sp³-hybridized carbons (Fsp3) is 0. The van der Waals surface area contributed by atoms with Crippen LogP contribution in [0.5, 0.6) is 0 Å². The summed E-state index contributed by atoms with van der Waals surface area (Å²) in [4.78, 5) is 24.5. The van der Waals surface area contributed by atoms with Crippen LogP contribution in [0.2, 0.25) is 0 Å². The normalized spacial score (nSPS) is 10.3. The average molecular weight is 360 g/mol. The highest BCUT2D eigenvalue weighted by molar-refractivity contribution is 6.99. The van der Waals surface area contributed by atoms with Crippen LogP contribution in [0.4, 0.5) is 20.2 Å². The van der Waals surface area contributed by atoms with Crippen LogP contribution in [0.25, 0.3) is 0 Å². The lowest BCUT2D eigenvalue weighted by atomic mass is 10.2. The Morgan fingerprint density at radius 2 is 1.24 bits per heavy atom. The van der Waals surface area contributed by atoms with Crippen molar-refractivity contribution < 1.29 is 18.4 Å². The predicted octanol–water partition coefficient (Wildman–Crippen LogP) is 3.32. The van der Waals surface area contributed by atoms with Crippen LogP contribution in [0.15, 0.2) is 48.5 Å². The molecule has 0 fully saturated rings. The fourth-order valence-electron chi connectivity index (χ4n) is 2.00. The standard InChI is InChI=1S/C16H10F2N4O2S/c17-9-3-1-5-11(7-9)19-15(23)13-14(22-25-21-13)16(24)20-12-6-2-4-10(18)8-12/h1-8H,(H,19,23)(H,20,24). The van der Waals surface area contributed by atoms with Gasteiger partial charge in [-0.3, -0.25) is 9.59 Å². The number of amides is 2. The lowest BCUT2D eigenvalue weighted by Gasteiger charge is -2.06. The van der Waals surface area contributed by atoms with E-state index in [2.05, 4.69) is 19.4 Å². The number of halogens is 2. The van der Waals surface area contributed by atoms with Crippen molar-refractivity contribution in [1.29, 1.82) is 0 Å². The summed E-state index contributed by atoms with van der Waals surface area (Å²) >= 11 is 0.680. The molecule has 2 amide bonds. The molecule has 126 valence electrons. The van der Waals surface area contributed by atoms with E-state index < -0.39 is 23.4 Å². The molecule has 3 rings (SSSR count). The van der Waals surface area contributed by atoms with Crippen molar-refractivity contribution >= 4 is 34.9 Å². The van der Waals surface area contributed by atoms with Crippen molar-refractivity contribution in [2.24, 2.45) is 0 Å². The Bertz CT molecular complexity index is 871. The van der Waals surface area contributed by atoms with Crippen LogP contribution >= 0.6 is 11.7 Å². The van der Waals surface area contributed by atoms with Gasteiger partial charge in [-0.25, -0.2) is 8.78 Å². The van der Waals surface area contributed by atoms with Crippen LogP contribution in [0, 0.1) is 11.6 Å². The zero-order valence-electron chi connectivity index (χ0n) is 12.5. The van der Waals surface area contributed by atoms with E-state index in [4.69, 9.17) is 0 Å². The zero-order valence-corrected chi connectivity index (χ0v) is 13.3. The van der Waals surface area contributed by atoms with Crippen molar-refractivity contribution in [3.05, 3.63) is 71.6 Å². The van der Waals surface area contributed by atoms with Gasteiger partial charge in [-0.1, -0.05) is 12.1 Å². The minimum atomic E-state index is -0.705. The summed E-state index contributed by atoms with van der Waals surface area (Å²) in [7, 11) is 0. The first-order chi connectivity index (χ1) is 12.0. The molecule has 0 spiro atoms. The number of carbonyl (C=O) groups excluding carboxylic acids is 2. The molecule has 1 heterocycles. The summed E-state index contributed by atoms with van der Waals surface area (Å²) in [6.45, 7) is 0. The number of aromatic nitrogens is 2. The predicted molar refractivity (Wildman–Crippen MR) is 88.6 cm³/mol. The van der Waals surface area contributed by atoms with Gasteiger partial charge >= 0.3 is 0 Å². The maximum absolute atomic E-state index is 13.2. The molecule has 1 aromatic heterocycles. The molecule has 2 aromatic carbocycles. The summed E-state index contributed by atoms with van der Waals surface area (Å²) in [5, 5.41) is 4.88. The lowest BCUT2D eigenvalue weighted by molar-refractivity contribution is 0.0985. The summed E-state index contributed by atoms with van der Waals surface area (Å²) in [5.41, 5.74) is 0.0234. The maximum Gasteiger partial charge on any atom is 0.277 e. The highest BCUT2D eigenvalue weighted by Crippen LogP contribution is 2.15. The summed E-state index contributed by atoms with van der Waals surface area (Å²) in [6, 6.07) is 10.6. The molecule has 0 bridgehead atoms. The van der Waals surface area contributed by atoms with Crippen LogP contribution in [0.3, 0.4) is 0 Å². The smallest absolute Gasteiger partial charge is 0.277 e. The van der Waals surface area contributed by atoms with Gasteiger partial charge in [0.25, 0.3) is 11.8 Å². The van der Waals surface area contributed by atoms with Crippen LogP contribution in [-0.4, -0.2) is 20.6 Å². The molecule has 0 aliphatic carbocycles. The number of carbonyl (C=O) groups is 2. The minimum absolute atomic E-state index is 0.205. The molecule has 0 atom stereocenters. The third kappa shape index (κ3) is 4.01. The zero-order chi connectivity index (χ0) is 17.8. The van der Waals surface area contributed by atoms with Crippen molar-refractivity contribution in [3.8, 4) is 0 Å². The van der Waals surface area contributed by atoms with E-state index >= 15 is 0 Å². The molecule has 3 aromatic rings. The number of hydrogen-bond donors (Lipinski definition) is 2. The van der Waals surface area contributed by atoms with Crippen LogP contribution in [-0.2, 0) is 0 Å². The van der Waals surface area contributed by atoms with Crippen LogP contribution < -0.4 is 10.6 Å². The number of nitrogens with zero attached hydrogens (tertiary/aromatic N) is 2. The van der Waals surface area contributed by atoms with Gasteiger partial charge in [-0.15, -0.1) is 0 Å².